The molecular weight excluding hydrogens is 411 g/mol. The number of hydrogen-bond acceptors (Lipinski definition) is 3. The van der Waals surface area contributed by atoms with E-state index >= 15 is 0 Å². The van der Waals surface area contributed by atoms with Gasteiger partial charge in [0.25, 0.3) is 0 Å². The van der Waals surface area contributed by atoms with Gasteiger partial charge in [-0.25, -0.2) is 4.99 Å². The summed E-state index contributed by atoms with van der Waals surface area (Å²) in [6.07, 6.45) is -3.36. The molecule has 0 aliphatic heterocycles. The minimum Gasteiger partial charge on any atom is -0.241 e. The highest BCUT2D eigenvalue weighted by atomic mass is 32.2. The molecule has 0 atom stereocenters. The van der Waals surface area contributed by atoms with Crippen LogP contribution < -0.4 is 0 Å². The third kappa shape index (κ3) is 6.54. The van der Waals surface area contributed by atoms with Crippen LogP contribution in [0.15, 0.2) is 111 Å². The van der Waals surface area contributed by atoms with Crippen LogP contribution in [0.1, 0.15) is 5.56 Å². The Bertz CT molecular complexity index is 997. The van der Waals surface area contributed by atoms with Crippen LogP contribution in [-0.2, 0) is 0 Å². The Labute approximate surface area is 176 Å². The summed E-state index contributed by atoms with van der Waals surface area (Å²) >= 11 is 1.90. The van der Waals surface area contributed by atoms with Crippen molar-refractivity contribution in [2.45, 2.75) is 22.9 Å². The molecule has 6 heteroatoms. The molecule has 0 saturated heterocycles. The molecule has 3 aromatic rings. The summed E-state index contributed by atoms with van der Waals surface area (Å²) in [5, 5.41) is 0.279. The average Bonchev–Trinajstić information content (AvgIpc) is 2.70. The van der Waals surface area contributed by atoms with Crippen molar-refractivity contribution in [2.24, 2.45) is 4.99 Å². The highest BCUT2D eigenvalue weighted by molar-refractivity contribution is 8.14. The van der Waals surface area contributed by atoms with E-state index in [1.165, 1.54) is 11.8 Å². The monoisotopic (exact) mass is 429 g/mol. The van der Waals surface area contributed by atoms with Gasteiger partial charge in [0.15, 0.2) is 0 Å². The number of allylic oxidation sites excluding steroid dienone is 1. The lowest BCUT2D eigenvalue weighted by molar-refractivity contribution is -0.0835. The summed E-state index contributed by atoms with van der Waals surface area (Å²) in [5.41, 5.74) is 1.55. The number of aryl methyl sites for hydroxylation is 1. The Morgan fingerprint density at radius 3 is 1.83 bits per heavy atom. The fraction of sp³-hybridized carbons (Fsp3) is 0.0870. The van der Waals surface area contributed by atoms with Crippen LogP contribution in [0.2, 0.25) is 0 Å². The standard InChI is InChI=1S/C23H18F3NS2/c1-17-10-8-9-15-20(17)27-22(29-19-13-6-3-7-14-19)16-21(23(24,25)26)28-18-11-4-2-5-12-18/h2-16H,1H3. The Morgan fingerprint density at radius 1 is 0.759 bits per heavy atom. The number of thioether (sulfide) groups is 2. The Balaban J connectivity index is 2.03. The smallest absolute Gasteiger partial charge is 0.241 e. The summed E-state index contributed by atoms with van der Waals surface area (Å²) < 4.78 is 41.3. The van der Waals surface area contributed by atoms with E-state index in [2.05, 4.69) is 4.99 Å². The number of rotatable bonds is 5. The molecule has 0 N–H and O–H groups in total. The van der Waals surface area contributed by atoms with Crippen molar-refractivity contribution >= 4 is 34.3 Å². The van der Waals surface area contributed by atoms with Crippen molar-refractivity contribution in [3.8, 4) is 0 Å². The summed E-state index contributed by atoms with van der Waals surface area (Å²) in [6.45, 7) is 1.89. The van der Waals surface area contributed by atoms with E-state index in [-0.39, 0.29) is 5.04 Å². The first-order valence-electron chi connectivity index (χ1n) is 8.81. The zero-order valence-electron chi connectivity index (χ0n) is 15.6. The van der Waals surface area contributed by atoms with E-state index in [0.717, 1.165) is 16.5 Å². The van der Waals surface area contributed by atoms with Crippen LogP contribution in [0.5, 0.6) is 0 Å². The second-order valence-corrected chi connectivity index (χ2v) is 8.28. The van der Waals surface area contributed by atoms with E-state index in [4.69, 9.17) is 0 Å². The highest BCUT2D eigenvalue weighted by Gasteiger charge is 2.35. The molecule has 148 valence electrons. The van der Waals surface area contributed by atoms with Crippen LogP contribution in [0.4, 0.5) is 18.9 Å². The van der Waals surface area contributed by atoms with Crippen molar-refractivity contribution < 1.29 is 13.2 Å². The summed E-state index contributed by atoms with van der Waals surface area (Å²) in [5.74, 6) is 0. The quantitative estimate of drug-likeness (QED) is 0.231. The lowest BCUT2D eigenvalue weighted by Crippen LogP contribution is -2.10. The fourth-order valence-corrected chi connectivity index (χ4v) is 4.16. The number of halogens is 3. The van der Waals surface area contributed by atoms with Crippen LogP contribution in [0.25, 0.3) is 0 Å². The molecule has 0 bridgehead atoms. The Hall–Kier alpha value is -2.44. The molecule has 0 saturated carbocycles. The number of benzene rings is 3. The second-order valence-electron chi connectivity index (χ2n) is 6.07. The van der Waals surface area contributed by atoms with E-state index in [1.54, 1.807) is 36.4 Å². The lowest BCUT2D eigenvalue weighted by atomic mass is 10.2. The zero-order valence-corrected chi connectivity index (χ0v) is 17.2. The lowest BCUT2D eigenvalue weighted by Gasteiger charge is -2.12. The predicted octanol–water partition coefficient (Wildman–Crippen LogP) is 8.06. The summed E-state index contributed by atoms with van der Waals surface area (Å²) in [7, 11) is 0. The molecule has 0 aliphatic rings. The first kappa shape index (κ1) is 21.3. The third-order valence-corrected chi connectivity index (χ3v) is 5.82. The molecule has 3 rings (SSSR count). The average molecular weight is 430 g/mol. The number of alkyl halides is 3. The molecule has 3 aromatic carbocycles. The van der Waals surface area contributed by atoms with E-state index in [1.807, 2.05) is 55.5 Å². The Morgan fingerprint density at radius 2 is 1.28 bits per heavy atom. The van der Waals surface area contributed by atoms with E-state index in [9.17, 15) is 13.2 Å². The Kier molecular flexibility index (Phi) is 7.23. The van der Waals surface area contributed by atoms with Crippen molar-refractivity contribution in [1.29, 1.82) is 0 Å². The summed E-state index contributed by atoms with van der Waals surface area (Å²) in [4.78, 5) is 5.18. The molecular formula is C23H18F3NS2. The van der Waals surface area contributed by atoms with Gasteiger partial charge in [0.1, 0.15) is 5.04 Å². The molecule has 0 fully saturated rings. The van der Waals surface area contributed by atoms with Crippen molar-refractivity contribution in [3.05, 3.63) is 101 Å². The van der Waals surface area contributed by atoms with Gasteiger partial charge in [-0.3, -0.25) is 0 Å². The third-order valence-electron chi connectivity index (χ3n) is 3.82. The van der Waals surface area contributed by atoms with Gasteiger partial charge in [-0.1, -0.05) is 78.1 Å². The van der Waals surface area contributed by atoms with Gasteiger partial charge in [0.2, 0.25) is 0 Å². The number of para-hydroxylation sites is 1. The van der Waals surface area contributed by atoms with Crippen LogP contribution >= 0.6 is 23.5 Å². The highest BCUT2D eigenvalue weighted by Crippen LogP contribution is 2.40. The minimum atomic E-state index is -4.48. The molecule has 0 aromatic heterocycles. The SMILES string of the molecule is Cc1ccccc1N=C(C=C(Sc1ccccc1)C(F)(F)F)Sc1ccccc1. The topological polar surface area (TPSA) is 12.4 Å². The predicted molar refractivity (Wildman–Crippen MR) is 117 cm³/mol. The largest absolute Gasteiger partial charge is 0.422 e. The second kappa shape index (κ2) is 9.85. The van der Waals surface area contributed by atoms with E-state index in [0.29, 0.717) is 22.3 Å². The van der Waals surface area contributed by atoms with Crippen molar-refractivity contribution in [2.75, 3.05) is 0 Å². The number of hydrogen-bond donors (Lipinski definition) is 0. The maximum Gasteiger partial charge on any atom is 0.422 e. The molecule has 0 amide bonds. The molecule has 0 radical (unpaired) electrons. The normalized spacial score (nSPS) is 12.8. The van der Waals surface area contributed by atoms with Crippen LogP contribution in [-0.4, -0.2) is 11.2 Å². The minimum absolute atomic E-state index is 0.279. The van der Waals surface area contributed by atoms with Gasteiger partial charge in [0.05, 0.1) is 10.6 Å². The molecule has 0 unspecified atom stereocenters. The van der Waals surface area contributed by atoms with Gasteiger partial charge in [-0.2, -0.15) is 13.2 Å². The molecule has 0 heterocycles. The number of aliphatic imine (C=N–C) groups is 1. The molecule has 0 aliphatic carbocycles. The summed E-state index contributed by atoms with van der Waals surface area (Å²) in [6, 6.07) is 25.2. The van der Waals surface area contributed by atoms with Gasteiger partial charge >= 0.3 is 6.18 Å². The first-order valence-corrected chi connectivity index (χ1v) is 10.4. The zero-order chi connectivity index (χ0) is 20.7. The maximum absolute atomic E-state index is 13.8. The van der Waals surface area contributed by atoms with Gasteiger partial charge < -0.3 is 0 Å². The first-order chi connectivity index (χ1) is 13.9. The van der Waals surface area contributed by atoms with Gasteiger partial charge in [-0.15, -0.1) is 0 Å². The molecule has 0 spiro atoms. The molecule has 1 nitrogen and oxygen atoms in total. The van der Waals surface area contributed by atoms with E-state index < -0.39 is 11.1 Å². The van der Waals surface area contributed by atoms with Gasteiger partial charge in [-0.05, 0) is 48.9 Å². The van der Waals surface area contributed by atoms with Crippen LogP contribution in [0, 0.1) is 6.92 Å². The van der Waals surface area contributed by atoms with Crippen LogP contribution in [0.3, 0.4) is 0 Å². The fourth-order valence-electron chi connectivity index (χ4n) is 2.40. The van der Waals surface area contributed by atoms with Gasteiger partial charge in [0, 0.05) is 9.79 Å². The molecule has 29 heavy (non-hydrogen) atoms. The van der Waals surface area contributed by atoms with Crippen molar-refractivity contribution in [1.82, 2.24) is 0 Å². The number of nitrogens with zero attached hydrogens (tertiary/aromatic N) is 1. The van der Waals surface area contributed by atoms with Crippen molar-refractivity contribution in [3.63, 3.8) is 0 Å². The maximum atomic E-state index is 13.8.